The van der Waals surface area contributed by atoms with E-state index in [1.54, 1.807) is 18.2 Å². The average Bonchev–Trinajstić information content (AvgIpc) is 2.46. The summed E-state index contributed by atoms with van der Waals surface area (Å²) in [5, 5.41) is 5.29. The summed E-state index contributed by atoms with van der Waals surface area (Å²) in [5.41, 5.74) is 1.71. The Labute approximate surface area is 117 Å². The van der Waals surface area contributed by atoms with E-state index in [1.165, 1.54) is 18.3 Å². The van der Waals surface area contributed by atoms with Crippen LogP contribution in [0.4, 0.5) is 9.18 Å². The van der Waals surface area contributed by atoms with Crippen LogP contribution in [-0.4, -0.2) is 6.03 Å². The summed E-state index contributed by atoms with van der Waals surface area (Å²) >= 11 is 0. The molecule has 0 saturated carbocycles. The predicted molar refractivity (Wildman–Crippen MR) is 77.2 cm³/mol. The molecule has 3 nitrogen and oxygen atoms in total. The number of carbonyl (C=O) groups excluding carboxylic acids is 1. The van der Waals surface area contributed by atoms with E-state index in [4.69, 9.17) is 0 Å². The first-order chi connectivity index (χ1) is 9.74. The summed E-state index contributed by atoms with van der Waals surface area (Å²) < 4.78 is 12.9. The van der Waals surface area contributed by atoms with Gasteiger partial charge in [0.15, 0.2) is 0 Å². The molecule has 0 aromatic heterocycles. The van der Waals surface area contributed by atoms with E-state index in [0.717, 1.165) is 5.56 Å². The lowest BCUT2D eigenvalue weighted by Gasteiger charge is -2.04. The van der Waals surface area contributed by atoms with E-state index in [1.807, 2.05) is 30.3 Å². The molecule has 2 rings (SSSR count). The molecule has 0 atom stereocenters. The van der Waals surface area contributed by atoms with E-state index >= 15 is 0 Å². The van der Waals surface area contributed by atoms with Crippen LogP contribution in [0.1, 0.15) is 11.1 Å². The van der Waals surface area contributed by atoms with Crippen LogP contribution in [0.25, 0.3) is 6.08 Å². The molecular weight excluding hydrogens is 255 g/mol. The van der Waals surface area contributed by atoms with Crippen LogP contribution in [0.2, 0.25) is 0 Å². The van der Waals surface area contributed by atoms with Gasteiger partial charge < -0.3 is 10.6 Å². The number of hydrogen-bond donors (Lipinski definition) is 2. The van der Waals surface area contributed by atoms with Crippen LogP contribution in [0.5, 0.6) is 0 Å². The predicted octanol–water partition coefficient (Wildman–Crippen LogP) is 3.30. The Hall–Kier alpha value is -2.62. The van der Waals surface area contributed by atoms with Crippen molar-refractivity contribution in [1.29, 1.82) is 0 Å². The fourth-order valence-electron chi connectivity index (χ4n) is 1.65. The first kappa shape index (κ1) is 13.8. The SMILES string of the molecule is O=C(N/C=C/c1cccc(F)c1)NCc1ccccc1. The van der Waals surface area contributed by atoms with E-state index in [-0.39, 0.29) is 11.8 Å². The third-order valence-electron chi connectivity index (χ3n) is 2.63. The first-order valence-corrected chi connectivity index (χ1v) is 6.24. The van der Waals surface area contributed by atoms with Crippen molar-refractivity contribution >= 4 is 12.1 Å². The van der Waals surface area contributed by atoms with Crippen LogP contribution >= 0.6 is 0 Å². The molecule has 0 aliphatic heterocycles. The minimum absolute atomic E-state index is 0.304. The minimum Gasteiger partial charge on any atom is -0.334 e. The van der Waals surface area contributed by atoms with Gasteiger partial charge in [0.05, 0.1) is 0 Å². The molecule has 0 bridgehead atoms. The van der Waals surface area contributed by atoms with Crippen molar-refractivity contribution in [3.05, 3.63) is 77.7 Å². The molecule has 0 heterocycles. The summed E-state index contributed by atoms with van der Waals surface area (Å²) in [4.78, 5) is 11.5. The van der Waals surface area contributed by atoms with Crippen molar-refractivity contribution in [2.45, 2.75) is 6.54 Å². The first-order valence-electron chi connectivity index (χ1n) is 6.24. The third kappa shape index (κ3) is 4.57. The van der Waals surface area contributed by atoms with Gasteiger partial charge in [-0.25, -0.2) is 9.18 Å². The maximum absolute atomic E-state index is 12.9. The Morgan fingerprint density at radius 1 is 1.10 bits per heavy atom. The molecule has 0 saturated heterocycles. The van der Waals surface area contributed by atoms with E-state index in [9.17, 15) is 9.18 Å². The highest BCUT2D eigenvalue weighted by atomic mass is 19.1. The average molecular weight is 270 g/mol. The highest BCUT2D eigenvalue weighted by Crippen LogP contribution is 2.04. The Morgan fingerprint density at radius 2 is 1.90 bits per heavy atom. The van der Waals surface area contributed by atoms with Gasteiger partial charge in [-0.1, -0.05) is 42.5 Å². The van der Waals surface area contributed by atoms with Gasteiger partial charge in [-0.2, -0.15) is 0 Å². The second kappa shape index (κ2) is 7.09. The molecule has 2 aromatic rings. The second-order valence-corrected chi connectivity index (χ2v) is 4.20. The number of hydrogen-bond acceptors (Lipinski definition) is 1. The van der Waals surface area contributed by atoms with Crippen molar-refractivity contribution < 1.29 is 9.18 Å². The van der Waals surface area contributed by atoms with Gasteiger partial charge in [0, 0.05) is 12.7 Å². The van der Waals surface area contributed by atoms with E-state index in [0.29, 0.717) is 12.1 Å². The van der Waals surface area contributed by atoms with Gasteiger partial charge >= 0.3 is 6.03 Å². The van der Waals surface area contributed by atoms with Crippen LogP contribution in [0, 0.1) is 5.82 Å². The van der Waals surface area contributed by atoms with Gasteiger partial charge in [-0.15, -0.1) is 0 Å². The molecule has 0 aliphatic rings. The lowest BCUT2D eigenvalue weighted by molar-refractivity contribution is 0.244. The normalized spacial score (nSPS) is 10.4. The highest BCUT2D eigenvalue weighted by Gasteiger charge is 1.97. The molecule has 2 aromatic carbocycles. The van der Waals surface area contributed by atoms with Gasteiger partial charge in [0.1, 0.15) is 5.82 Å². The van der Waals surface area contributed by atoms with Crippen LogP contribution in [0.15, 0.2) is 60.8 Å². The summed E-state index contributed by atoms with van der Waals surface area (Å²) in [6.07, 6.45) is 3.11. The molecule has 20 heavy (non-hydrogen) atoms. The van der Waals surface area contributed by atoms with Crippen molar-refractivity contribution in [2.24, 2.45) is 0 Å². The fourth-order valence-corrected chi connectivity index (χ4v) is 1.65. The summed E-state index contributed by atoms with van der Waals surface area (Å²) in [5.74, 6) is -0.305. The molecule has 0 aliphatic carbocycles. The van der Waals surface area contributed by atoms with Gasteiger partial charge in [-0.05, 0) is 29.3 Å². The second-order valence-electron chi connectivity index (χ2n) is 4.20. The maximum Gasteiger partial charge on any atom is 0.319 e. The topological polar surface area (TPSA) is 41.1 Å². The largest absolute Gasteiger partial charge is 0.334 e. The zero-order valence-electron chi connectivity index (χ0n) is 10.8. The number of halogens is 1. The van der Waals surface area contributed by atoms with Crippen LogP contribution in [-0.2, 0) is 6.54 Å². The lowest BCUT2D eigenvalue weighted by atomic mass is 10.2. The molecule has 0 spiro atoms. The Bertz CT molecular complexity index is 596. The smallest absolute Gasteiger partial charge is 0.319 e. The summed E-state index contributed by atoms with van der Waals surface area (Å²) in [6, 6.07) is 15.4. The molecule has 4 heteroatoms. The summed E-state index contributed by atoms with van der Waals surface area (Å²) in [6.45, 7) is 0.459. The van der Waals surface area contributed by atoms with Crippen molar-refractivity contribution in [3.8, 4) is 0 Å². The van der Waals surface area contributed by atoms with Crippen LogP contribution in [0.3, 0.4) is 0 Å². The molecule has 102 valence electrons. The number of urea groups is 1. The van der Waals surface area contributed by atoms with E-state index < -0.39 is 0 Å². The zero-order valence-corrected chi connectivity index (χ0v) is 10.8. The fraction of sp³-hybridized carbons (Fsp3) is 0.0625. The number of carbonyl (C=O) groups is 1. The zero-order chi connectivity index (χ0) is 14.2. The quantitative estimate of drug-likeness (QED) is 0.879. The van der Waals surface area contributed by atoms with Gasteiger partial charge in [-0.3, -0.25) is 0 Å². The highest BCUT2D eigenvalue weighted by molar-refractivity contribution is 5.75. The monoisotopic (exact) mass is 270 g/mol. The van der Waals surface area contributed by atoms with E-state index in [2.05, 4.69) is 10.6 Å². The Balaban J connectivity index is 1.78. The number of nitrogens with one attached hydrogen (secondary N) is 2. The maximum atomic E-state index is 12.9. The number of benzene rings is 2. The third-order valence-corrected chi connectivity index (χ3v) is 2.63. The van der Waals surface area contributed by atoms with Crippen molar-refractivity contribution in [2.75, 3.05) is 0 Å². The van der Waals surface area contributed by atoms with Crippen molar-refractivity contribution in [3.63, 3.8) is 0 Å². The minimum atomic E-state index is -0.305. The molecular formula is C16H15FN2O. The standard InChI is InChI=1S/C16H15FN2O/c17-15-8-4-7-13(11-15)9-10-18-16(20)19-12-14-5-2-1-3-6-14/h1-11H,12H2,(H2,18,19,20)/b10-9+. The Kier molecular flexibility index (Phi) is 4.89. The molecule has 0 fully saturated rings. The Morgan fingerprint density at radius 3 is 2.65 bits per heavy atom. The molecule has 0 unspecified atom stereocenters. The van der Waals surface area contributed by atoms with Crippen molar-refractivity contribution in [1.82, 2.24) is 10.6 Å². The summed E-state index contributed by atoms with van der Waals surface area (Å²) in [7, 11) is 0. The van der Waals surface area contributed by atoms with Crippen LogP contribution < -0.4 is 10.6 Å². The molecule has 2 amide bonds. The number of amides is 2. The molecule has 0 radical (unpaired) electrons. The van der Waals surface area contributed by atoms with Gasteiger partial charge in [0.25, 0.3) is 0 Å². The lowest BCUT2D eigenvalue weighted by Crippen LogP contribution is -2.31. The molecule has 2 N–H and O–H groups in total. The number of rotatable bonds is 4. The van der Waals surface area contributed by atoms with Gasteiger partial charge in [0.2, 0.25) is 0 Å².